The van der Waals surface area contributed by atoms with Gasteiger partial charge in [0.05, 0.1) is 24.6 Å². The zero-order valence-electron chi connectivity index (χ0n) is 10.7. The summed E-state index contributed by atoms with van der Waals surface area (Å²) in [6, 6.07) is 7.10. The van der Waals surface area contributed by atoms with Gasteiger partial charge in [0, 0.05) is 10.9 Å². The highest BCUT2D eigenvalue weighted by atomic mass is 79.9. The number of anilines is 1. The highest BCUT2D eigenvalue weighted by Gasteiger charge is 2.15. The molecule has 19 heavy (non-hydrogen) atoms. The fraction of sp³-hybridized carbons (Fsp3) is 0.214. The van der Waals surface area contributed by atoms with Crippen molar-refractivity contribution in [2.75, 3.05) is 12.4 Å². The van der Waals surface area contributed by atoms with E-state index in [4.69, 9.17) is 9.15 Å². The van der Waals surface area contributed by atoms with Gasteiger partial charge < -0.3 is 14.5 Å². The number of amides is 1. The van der Waals surface area contributed by atoms with Crippen molar-refractivity contribution < 1.29 is 13.9 Å². The molecule has 0 unspecified atom stereocenters. The molecule has 4 nitrogen and oxygen atoms in total. The SMILES string of the molecule is CCc1occc1C(=O)Nc1cc(Br)ccc1OC. The van der Waals surface area contributed by atoms with Gasteiger partial charge in [0.15, 0.2) is 0 Å². The summed E-state index contributed by atoms with van der Waals surface area (Å²) in [6.07, 6.45) is 2.19. The molecule has 0 aliphatic heterocycles. The molecule has 0 atom stereocenters. The van der Waals surface area contributed by atoms with Gasteiger partial charge in [0.25, 0.3) is 5.91 Å². The molecule has 0 saturated carbocycles. The van der Waals surface area contributed by atoms with Gasteiger partial charge in [0.1, 0.15) is 11.5 Å². The van der Waals surface area contributed by atoms with E-state index in [1.54, 1.807) is 25.3 Å². The van der Waals surface area contributed by atoms with Gasteiger partial charge in [-0.2, -0.15) is 0 Å². The summed E-state index contributed by atoms with van der Waals surface area (Å²) >= 11 is 3.37. The third kappa shape index (κ3) is 2.98. The summed E-state index contributed by atoms with van der Waals surface area (Å²) in [6.45, 7) is 1.94. The Morgan fingerprint density at radius 1 is 1.42 bits per heavy atom. The summed E-state index contributed by atoms with van der Waals surface area (Å²) in [4.78, 5) is 12.2. The van der Waals surface area contributed by atoms with E-state index < -0.39 is 0 Å². The Labute approximate surface area is 119 Å². The van der Waals surface area contributed by atoms with Gasteiger partial charge in [-0.1, -0.05) is 22.9 Å². The molecule has 0 fully saturated rings. The van der Waals surface area contributed by atoms with Crippen molar-refractivity contribution in [1.82, 2.24) is 0 Å². The summed E-state index contributed by atoms with van der Waals surface area (Å²) in [5.74, 6) is 1.08. The summed E-state index contributed by atoms with van der Waals surface area (Å²) < 4.78 is 11.3. The second-order valence-electron chi connectivity index (χ2n) is 3.91. The first-order valence-corrected chi connectivity index (χ1v) is 6.66. The van der Waals surface area contributed by atoms with Crippen LogP contribution in [0.4, 0.5) is 5.69 Å². The Morgan fingerprint density at radius 3 is 2.89 bits per heavy atom. The Bertz CT molecular complexity index is 592. The van der Waals surface area contributed by atoms with Gasteiger partial charge >= 0.3 is 0 Å². The average molecular weight is 324 g/mol. The van der Waals surface area contributed by atoms with E-state index in [9.17, 15) is 4.79 Å². The molecular formula is C14H14BrNO3. The minimum atomic E-state index is -0.206. The normalized spacial score (nSPS) is 10.3. The lowest BCUT2D eigenvalue weighted by Crippen LogP contribution is -2.13. The second-order valence-corrected chi connectivity index (χ2v) is 4.83. The minimum Gasteiger partial charge on any atom is -0.495 e. The Kier molecular flexibility index (Phi) is 4.27. The first-order chi connectivity index (χ1) is 9.15. The number of nitrogens with one attached hydrogen (secondary N) is 1. The van der Waals surface area contributed by atoms with E-state index in [0.29, 0.717) is 29.2 Å². The molecule has 1 heterocycles. The summed E-state index contributed by atoms with van der Waals surface area (Å²) in [7, 11) is 1.56. The number of methoxy groups -OCH3 is 1. The summed E-state index contributed by atoms with van der Waals surface area (Å²) in [5.41, 5.74) is 1.16. The summed E-state index contributed by atoms with van der Waals surface area (Å²) in [5, 5.41) is 2.83. The van der Waals surface area contributed by atoms with Crippen LogP contribution in [0.2, 0.25) is 0 Å². The van der Waals surface area contributed by atoms with Crippen LogP contribution in [0.3, 0.4) is 0 Å². The lowest BCUT2D eigenvalue weighted by Gasteiger charge is -2.10. The Balaban J connectivity index is 2.26. The largest absolute Gasteiger partial charge is 0.495 e. The van der Waals surface area contributed by atoms with Crippen LogP contribution in [0.25, 0.3) is 0 Å². The first kappa shape index (κ1) is 13.7. The van der Waals surface area contributed by atoms with Crippen LogP contribution in [0.15, 0.2) is 39.4 Å². The van der Waals surface area contributed by atoms with Crippen LogP contribution >= 0.6 is 15.9 Å². The molecule has 2 rings (SSSR count). The lowest BCUT2D eigenvalue weighted by molar-refractivity contribution is 0.102. The molecule has 1 aromatic carbocycles. The molecule has 0 bridgehead atoms. The lowest BCUT2D eigenvalue weighted by atomic mass is 10.2. The van der Waals surface area contributed by atoms with E-state index in [1.165, 1.54) is 6.26 Å². The van der Waals surface area contributed by atoms with Crippen molar-refractivity contribution in [1.29, 1.82) is 0 Å². The average Bonchev–Trinajstić information content (AvgIpc) is 2.87. The van der Waals surface area contributed by atoms with E-state index >= 15 is 0 Å². The van der Waals surface area contributed by atoms with E-state index in [-0.39, 0.29) is 5.91 Å². The highest BCUT2D eigenvalue weighted by molar-refractivity contribution is 9.10. The van der Waals surface area contributed by atoms with Gasteiger partial charge in [-0.05, 0) is 24.3 Å². The predicted molar refractivity (Wildman–Crippen MR) is 76.7 cm³/mol. The molecule has 100 valence electrons. The molecule has 0 radical (unpaired) electrons. The standard InChI is InChI=1S/C14H14BrNO3/c1-3-12-10(6-7-19-12)14(17)16-11-8-9(15)4-5-13(11)18-2/h4-8H,3H2,1-2H3,(H,16,17). The number of carbonyl (C=O) groups is 1. The van der Waals surface area contributed by atoms with Crippen molar-refractivity contribution >= 4 is 27.5 Å². The topological polar surface area (TPSA) is 51.5 Å². The van der Waals surface area contributed by atoms with Crippen LogP contribution in [0, 0.1) is 0 Å². The quantitative estimate of drug-likeness (QED) is 0.929. The smallest absolute Gasteiger partial charge is 0.259 e. The van der Waals surface area contributed by atoms with Crippen molar-refractivity contribution in [2.24, 2.45) is 0 Å². The number of rotatable bonds is 4. The van der Waals surface area contributed by atoms with Crippen LogP contribution in [-0.4, -0.2) is 13.0 Å². The number of halogens is 1. The third-order valence-electron chi connectivity index (χ3n) is 2.72. The molecular weight excluding hydrogens is 310 g/mol. The molecule has 1 aromatic heterocycles. The maximum atomic E-state index is 12.2. The van der Waals surface area contributed by atoms with E-state index in [0.717, 1.165) is 4.47 Å². The van der Waals surface area contributed by atoms with Crippen LogP contribution < -0.4 is 10.1 Å². The van der Waals surface area contributed by atoms with E-state index in [2.05, 4.69) is 21.2 Å². The number of carbonyl (C=O) groups excluding carboxylic acids is 1. The minimum absolute atomic E-state index is 0.206. The fourth-order valence-corrected chi connectivity index (χ4v) is 2.15. The molecule has 0 saturated heterocycles. The van der Waals surface area contributed by atoms with Gasteiger partial charge in [-0.25, -0.2) is 0 Å². The zero-order chi connectivity index (χ0) is 13.8. The second kappa shape index (κ2) is 5.93. The number of benzene rings is 1. The third-order valence-corrected chi connectivity index (χ3v) is 3.21. The molecule has 1 N–H and O–H groups in total. The van der Waals surface area contributed by atoms with Crippen LogP contribution in [-0.2, 0) is 6.42 Å². The molecule has 0 aliphatic rings. The zero-order valence-corrected chi connectivity index (χ0v) is 12.3. The number of ether oxygens (including phenoxy) is 1. The van der Waals surface area contributed by atoms with Crippen molar-refractivity contribution in [2.45, 2.75) is 13.3 Å². The van der Waals surface area contributed by atoms with Gasteiger partial charge in [-0.3, -0.25) is 4.79 Å². The van der Waals surface area contributed by atoms with Crippen molar-refractivity contribution in [3.8, 4) is 5.75 Å². The van der Waals surface area contributed by atoms with Gasteiger partial charge in [-0.15, -0.1) is 0 Å². The van der Waals surface area contributed by atoms with Gasteiger partial charge in [0.2, 0.25) is 0 Å². The van der Waals surface area contributed by atoms with E-state index in [1.807, 2.05) is 13.0 Å². The highest BCUT2D eigenvalue weighted by Crippen LogP contribution is 2.28. The fourth-order valence-electron chi connectivity index (χ4n) is 1.78. The van der Waals surface area contributed by atoms with Crippen LogP contribution in [0.5, 0.6) is 5.75 Å². The molecule has 5 heteroatoms. The molecule has 0 spiro atoms. The predicted octanol–water partition coefficient (Wildman–Crippen LogP) is 3.87. The van der Waals surface area contributed by atoms with Crippen molar-refractivity contribution in [3.05, 3.63) is 46.3 Å². The number of furan rings is 1. The number of hydrogen-bond acceptors (Lipinski definition) is 3. The molecule has 2 aromatic rings. The Morgan fingerprint density at radius 2 is 2.21 bits per heavy atom. The molecule has 0 aliphatic carbocycles. The monoisotopic (exact) mass is 323 g/mol. The number of hydrogen-bond donors (Lipinski definition) is 1. The maximum Gasteiger partial charge on any atom is 0.259 e. The van der Waals surface area contributed by atoms with Crippen molar-refractivity contribution in [3.63, 3.8) is 0 Å². The molecule has 1 amide bonds. The number of aryl methyl sites for hydroxylation is 1. The Hall–Kier alpha value is -1.75. The van der Waals surface area contributed by atoms with Crippen LogP contribution in [0.1, 0.15) is 23.0 Å². The maximum absolute atomic E-state index is 12.2. The first-order valence-electron chi connectivity index (χ1n) is 5.87.